The van der Waals surface area contributed by atoms with Crippen molar-refractivity contribution in [3.63, 3.8) is 0 Å². The number of hydrogen-bond donors (Lipinski definition) is 3. The van der Waals surface area contributed by atoms with E-state index >= 15 is 0 Å². The van der Waals surface area contributed by atoms with Gasteiger partial charge in [0.25, 0.3) is 0 Å². The van der Waals surface area contributed by atoms with Crippen LogP contribution in [0.4, 0.5) is 23.7 Å². The first-order valence-corrected chi connectivity index (χ1v) is 5.72. The summed E-state index contributed by atoms with van der Waals surface area (Å²) in [5.74, 6) is 0. The SMILES string of the molecule is COCC(O)CNC(=O)Nc1ccc(C(F)(F)F)cc1. The second kappa shape index (κ2) is 7.11. The molecule has 1 rings (SSSR count). The molecule has 112 valence electrons. The van der Waals surface area contributed by atoms with Crippen LogP contribution in [0.3, 0.4) is 0 Å². The van der Waals surface area contributed by atoms with E-state index < -0.39 is 23.9 Å². The van der Waals surface area contributed by atoms with Crippen molar-refractivity contribution in [3.8, 4) is 0 Å². The molecule has 1 aromatic carbocycles. The molecule has 0 aliphatic carbocycles. The van der Waals surface area contributed by atoms with Crippen LogP contribution in [0, 0.1) is 0 Å². The fraction of sp³-hybridized carbons (Fsp3) is 0.417. The number of carbonyl (C=O) groups excluding carboxylic acids is 1. The minimum absolute atomic E-state index is 0.0275. The largest absolute Gasteiger partial charge is 0.416 e. The Kier molecular flexibility index (Phi) is 5.78. The van der Waals surface area contributed by atoms with E-state index in [1.165, 1.54) is 7.11 Å². The molecule has 3 N–H and O–H groups in total. The van der Waals surface area contributed by atoms with Gasteiger partial charge in [-0.25, -0.2) is 4.79 Å². The number of ether oxygens (including phenoxy) is 1. The van der Waals surface area contributed by atoms with Crippen LogP contribution in [0.5, 0.6) is 0 Å². The Morgan fingerprint density at radius 2 is 1.95 bits per heavy atom. The first-order chi connectivity index (χ1) is 9.32. The van der Waals surface area contributed by atoms with Crippen molar-refractivity contribution in [2.75, 3.05) is 25.6 Å². The second-order valence-corrected chi connectivity index (χ2v) is 4.02. The number of rotatable bonds is 5. The number of urea groups is 1. The molecule has 5 nitrogen and oxygen atoms in total. The molecule has 0 heterocycles. The van der Waals surface area contributed by atoms with Crippen molar-refractivity contribution in [3.05, 3.63) is 29.8 Å². The highest BCUT2D eigenvalue weighted by Gasteiger charge is 2.29. The summed E-state index contributed by atoms with van der Waals surface area (Å²) in [6.45, 7) is 0.0425. The zero-order valence-corrected chi connectivity index (χ0v) is 10.7. The molecule has 0 radical (unpaired) electrons. The zero-order chi connectivity index (χ0) is 15.2. The van der Waals surface area contributed by atoms with Gasteiger partial charge >= 0.3 is 12.2 Å². The number of aliphatic hydroxyl groups excluding tert-OH is 1. The summed E-state index contributed by atoms with van der Waals surface area (Å²) in [6.07, 6.45) is -5.26. The number of alkyl halides is 3. The molecule has 0 saturated carbocycles. The molecule has 1 aromatic rings. The van der Waals surface area contributed by atoms with Gasteiger partial charge in [0.2, 0.25) is 0 Å². The number of hydrogen-bond acceptors (Lipinski definition) is 3. The summed E-state index contributed by atoms with van der Waals surface area (Å²) < 4.78 is 41.6. The van der Waals surface area contributed by atoms with Gasteiger partial charge in [-0.2, -0.15) is 13.2 Å². The minimum Gasteiger partial charge on any atom is -0.389 e. The first-order valence-electron chi connectivity index (χ1n) is 5.72. The quantitative estimate of drug-likeness (QED) is 0.775. The fourth-order valence-electron chi connectivity index (χ4n) is 1.38. The highest BCUT2D eigenvalue weighted by atomic mass is 19.4. The third-order valence-electron chi connectivity index (χ3n) is 2.33. The number of halogens is 3. The van der Waals surface area contributed by atoms with Crippen molar-refractivity contribution in [1.82, 2.24) is 5.32 Å². The number of anilines is 1. The van der Waals surface area contributed by atoms with Gasteiger partial charge in [0.15, 0.2) is 0 Å². The van der Waals surface area contributed by atoms with Gasteiger partial charge in [0.1, 0.15) is 0 Å². The van der Waals surface area contributed by atoms with Gasteiger partial charge in [-0.3, -0.25) is 0 Å². The van der Waals surface area contributed by atoms with E-state index in [1.54, 1.807) is 0 Å². The maximum atomic E-state index is 12.3. The minimum atomic E-state index is -4.41. The predicted octanol–water partition coefficient (Wildman–Crippen LogP) is 1.83. The van der Waals surface area contributed by atoms with E-state index in [-0.39, 0.29) is 18.8 Å². The van der Waals surface area contributed by atoms with Crippen LogP contribution in [0.15, 0.2) is 24.3 Å². The average molecular weight is 292 g/mol. The van der Waals surface area contributed by atoms with Crippen LogP contribution in [0.25, 0.3) is 0 Å². The Balaban J connectivity index is 2.46. The van der Waals surface area contributed by atoms with E-state index in [0.717, 1.165) is 24.3 Å². The molecule has 1 unspecified atom stereocenters. The molecule has 2 amide bonds. The number of benzene rings is 1. The number of methoxy groups -OCH3 is 1. The Morgan fingerprint density at radius 3 is 2.45 bits per heavy atom. The monoisotopic (exact) mass is 292 g/mol. The summed E-state index contributed by atoms with van der Waals surface area (Å²) in [5, 5.41) is 14.0. The molecule has 0 fully saturated rings. The summed E-state index contributed by atoms with van der Waals surface area (Å²) in [5.41, 5.74) is -0.573. The van der Waals surface area contributed by atoms with E-state index in [4.69, 9.17) is 0 Å². The molecule has 0 aliphatic heterocycles. The van der Waals surface area contributed by atoms with Crippen molar-refractivity contribution in [2.45, 2.75) is 12.3 Å². The third-order valence-corrected chi connectivity index (χ3v) is 2.33. The second-order valence-electron chi connectivity index (χ2n) is 4.02. The Hall–Kier alpha value is -1.80. The molecule has 0 spiro atoms. The van der Waals surface area contributed by atoms with E-state index in [0.29, 0.717) is 0 Å². The zero-order valence-electron chi connectivity index (χ0n) is 10.7. The fourth-order valence-corrected chi connectivity index (χ4v) is 1.38. The number of nitrogens with one attached hydrogen (secondary N) is 2. The normalized spacial score (nSPS) is 12.8. The summed E-state index contributed by atoms with van der Waals surface area (Å²) in [6, 6.07) is 3.41. The Morgan fingerprint density at radius 1 is 1.35 bits per heavy atom. The maximum absolute atomic E-state index is 12.3. The maximum Gasteiger partial charge on any atom is 0.416 e. The summed E-state index contributed by atoms with van der Waals surface area (Å²) in [7, 11) is 1.41. The van der Waals surface area contributed by atoms with Crippen LogP contribution in [-0.4, -0.2) is 37.5 Å². The highest BCUT2D eigenvalue weighted by Crippen LogP contribution is 2.29. The molecule has 0 saturated heterocycles. The number of aliphatic hydroxyl groups is 1. The standard InChI is InChI=1S/C12H15F3N2O3/c1-20-7-10(18)6-16-11(19)17-9-4-2-8(3-5-9)12(13,14)15/h2-5,10,18H,6-7H2,1H3,(H2,16,17,19). The van der Waals surface area contributed by atoms with E-state index in [1.807, 2.05) is 0 Å². The summed E-state index contributed by atoms with van der Waals surface area (Å²) >= 11 is 0. The number of amides is 2. The lowest BCUT2D eigenvalue weighted by molar-refractivity contribution is -0.137. The molecular weight excluding hydrogens is 277 g/mol. The molecule has 0 bridgehead atoms. The van der Waals surface area contributed by atoms with Crippen LogP contribution in [-0.2, 0) is 10.9 Å². The lowest BCUT2D eigenvalue weighted by Crippen LogP contribution is -2.37. The highest BCUT2D eigenvalue weighted by molar-refractivity contribution is 5.89. The first kappa shape index (κ1) is 16.3. The van der Waals surface area contributed by atoms with Crippen molar-refractivity contribution < 1.29 is 27.8 Å². The predicted molar refractivity (Wildman–Crippen MR) is 66.3 cm³/mol. The van der Waals surface area contributed by atoms with Gasteiger partial charge in [-0.15, -0.1) is 0 Å². The van der Waals surface area contributed by atoms with Crippen LogP contribution in [0.2, 0.25) is 0 Å². The van der Waals surface area contributed by atoms with Crippen LogP contribution in [0.1, 0.15) is 5.56 Å². The molecule has 8 heteroatoms. The van der Waals surface area contributed by atoms with Gasteiger partial charge in [-0.05, 0) is 24.3 Å². The van der Waals surface area contributed by atoms with Gasteiger partial charge in [0, 0.05) is 19.3 Å². The number of carbonyl (C=O) groups is 1. The molecule has 0 aliphatic rings. The smallest absolute Gasteiger partial charge is 0.389 e. The van der Waals surface area contributed by atoms with E-state index in [9.17, 15) is 23.1 Å². The van der Waals surface area contributed by atoms with Crippen LogP contribution >= 0.6 is 0 Å². The summed E-state index contributed by atoms with van der Waals surface area (Å²) in [4.78, 5) is 11.4. The molecule has 1 atom stereocenters. The molecular formula is C12H15F3N2O3. The van der Waals surface area contributed by atoms with Gasteiger partial charge in [0.05, 0.1) is 18.3 Å². The van der Waals surface area contributed by atoms with Crippen molar-refractivity contribution in [1.29, 1.82) is 0 Å². The topological polar surface area (TPSA) is 70.6 Å². The van der Waals surface area contributed by atoms with Crippen molar-refractivity contribution in [2.24, 2.45) is 0 Å². The van der Waals surface area contributed by atoms with Crippen molar-refractivity contribution >= 4 is 11.7 Å². The Bertz CT molecular complexity index is 435. The molecule has 20 heavy (non-hydrogen) atoms. The lowest BCUT2D eigenvalue weighted by atomic mass is 10.2. The van der Waals surface area contributed by atoms with E-state index in [2.05, 4.69) is 15.4 Å². The Labute approximate surface area is 113 Å². The third kappa shape index (κ3) is 5.45. The average Bonchev–Trinajstić information content (AvgIpc) is 2.36. The molecule has 0 aromatic heterocycles. The van der Waals surface area contributed by atoms with Crippen LogP contribution < -0.4 is 10.6 Å². The lowest BCUT2D eigenvalue weighted by Gasteiger charge is -2.12. The van der Waals surface area contributed by atoms with Gasteiger partial charge < -0.3 is 20.5 Å². The van der Waals surface area contributed by atoms with Gasteiger partial charge in [-0.1, -0.05) is 0 Å².